The molecule has 1 unspecified atom stereocenters. The van der Waals surface area contributed by atoms with E-state index >= 15 is 0 Å². The van der Waals surface area contributed by atoms with Crippen molar-refractivity contribution in [2.24, 2.45) is 5.92 Å². The Morgan fingerprint density at radius 2 is 1.28 bits per heavy atom. The molecule has 3 heteroatoms. The molecule has 0 aliphatic heterocycles. The van der Waals surface area contributed by atoms with Gasteiger partial charge in [0.2, 0.25) is 0 Å². The summed E-state index contributed by atoms with van der Waals surface area (Å²) in [7, 11) is 0. The van der Waals surface area contributed by atoms with E-state index < -0.39 is 0 Å². The zero-order valence-electron chi connectivity index (χ0n) is 17.2. The molecule has 0 rings (SSSR count). The monoisotopic (exact) mass is 356 g/mol. The second kappa shape index (κ2) is 18.2. The van der Waals surface area contributed by atoms with Crippen molar-refractivity contribution in [3.8, 4) is 0 Å². The van der Waals surface area contributed by atoms with Crippen molar-refractivity contribution in [2.75, 3.05) is 6.61 Å². The SMILES string of the molecule is CCCCCCCC(O)CCCCCCCCCC(=O)OCC(C)C. The number of unbranched alkanes of at least 4 members (excludes halogenated alkanes) is 10. The molecule has 0 saturated carbocycles. The van der Waals surface area contributed by atoms with Gasteiger partial charge in [-0.25, -0.2) is 0 Å². The van der Waals surface area contributed by atoms with Crippen LogP contribution in [-0.4, -0.2) is 23.8 Å². The van der Waals surface area contributed by atoms with Crippen LogP contribution < -0.4 is 0 Å². The lowest BCUT2D eigenvalue weighted by atomic mass is 10.0. The highest BCUT2D eigenvalue weighted by Crippen LogP contribution is 2.14. The summed E-state index contributed by atoms with van der Waals surface area (Å²) >= 11 is 0. The fourth-order valence-electron chi connectivity index (χ4n) is 2.99. The zero-order chi connectivity index (χ0) is 18.8. The second-order valence-corrected chi connectivity index (χ2v) is 7.95. The molecule has 0 aliphatic rings. The molecule has 0 aromatic rings. The van der Waals surface area contributed by atoms with Crippen LogP contribution >= 0.6 is 0 Å². The van der Waals surface area contributed by atoms with Gasteiger partial charge in [0, 0.05) is 6.42 Å². The molecule has 0 fully saturated rings. The van der Waals surface area contributed by atoms with Gasteiger partial charge in [0.05, 0.1) is 12.7 Å². The Balaban J connectivity index is 3.24. The Kier molecular flexibility index (Phi) is 17.8. The molecule has 0 amide bonds. The average Bonchev–Trinajstić information content (AvgIpc) is 2.58. The normalized spacial score (nSPS) is 12.5. The number of carbonyl (C=O) groups excluding carboxylic acids is 1. The zero-order valence-corrected chi connectivity index (χ0v) is 17.2. The van der Waals surface area contributed by atoms with E-state index in [-0.39, 0.29) is 12.1 Å². The number of aliphatic hydroxyl groups is 1. The van der Waals surface area contributed by atoms with E-state index in [0.29, 0.717) is 18.9 Å². The topological polar surface area (TPSA) is 46.5 Å². The van der Waals surface area contributed by atoms with Gasteiger partial charge in [-0.2, -0.15) is 0 Å². The van der Waals surface area contributed by atoms with E-state index in [1.807, 2.05) is 0 Å². The van der Waals surface area contributed by atoms with Crippen molar-refractivity contribution in [3.63, 3.8) is 0 Å². The van der Waals surface area contributed by atoms with Crippen molar-refractivity contribution < 1.29 is 14.6 Å². The molecule has 3 nitrogen and oxygen atoms in total. The summed E-state index contributed by atoms with van der Waals surface area (Å²) in [6.07, 6.45) is 17.0. The van der Waals surface area contributed by atoms with Gasteiger partial charge < -0.3 is 9.84 Å². The Morgan fingerprint density at radius 1 is 0.800 bits per heavy atom. The molecule has 0 heterocycles. The maximum absolute atomic E-state index is 11.5. The van der Waals surface area contributed by atoms with Crippen LogP contribution in [0, 0.1) is 5.92 Å². The van der Waals surface area contributed by atoms with Crippen LogP contribution in [-0.2, 0) is 9.53 Å². The first-order chi connectivity index (χ1) is 12.1. The molecule has 150 valence electrons. The minimum Gasteiger partial charge on any atom is -0.465 e. The molecule has 0 aromatic heterocycles. The minimum atomic E-state index is -0.0847. The third-order valence-corrected chi connectivity index (χ3v) is 4.64. The lowest BCUT2D eigenvalue weighted by molar-refractivity contribution is -0.144. The number of hydrogen-bond donors (Lipinski definition) is 1. The summed E-state index contributed by atoms with van der Waals surface area (Å²) in [5, 5.41) is 9.96. The first kappa shape index (κ1) is 24.4. The van der Waals surface area contributed by atoms with Crippen molar-refractivity contribution in [2.45, 2.75) is 123 Å². The molecule has 0 radical (unpaired) electrons. The number of carbonyl (C=O) groups is 1. The van der Waals surface area contributed by atoms with E-state index in [1.165, 1.54) is 57.8 Å². The minimum absolute atomic E-state index is 0.0441. The predicted molar refractivity (Wildman–Crippen MR) is 107 cm³/mol. The Hall–Kier alpha value is -0.570. The Bertz CT molecular complexity index is 289. The van der Waals surface area contributed by atoms with Crippen LogP contribution in [0.4, 0.5) is 0 Å². The fourth-order valence-corrected chi connectivity index (χ4v) is 2.99. The first-order valence-electron chi connectivity index (χ1n) is 10.9. The largest absolute Gasteiger partial charge is 0.465 e. The van der Waals surface area contributed by atoms with Crippen LogP contribution in [0.5, 0.6) is 0 Å². The number of ether oxygens (including phenoxy) is 1. The summed E-state index contributed by atoms with van der Waals surface area (Å²) in [6, 6.07) is 0. The summed E-state index contributed by atoms with van der Waals surface area (Å²) in [6.45, 7) is 6.89. The van der Waals surface area contributed by atoms with E-state index in [9.17, 15) is 9.90 Å². The molecular weight excluding hydrogens is 312 g/mol. The average molecular weight is 357 g/mol. The van der Waals surface area contributed by atoms with Crippen LogP contribution in [0.25, 0.3) is 0 Å². The molecule has 1 atom stereocenters. The van der Waals surface area contributed by atoms with Crippen molar-refractivity contribution in [1.82, 2.24) is 0 Å². The van der Waals surface area contributed by atoms with Gasteiger partial charge in [-0.3, -0.25) is 4.79 Å². The van der Waals surface area contributed by atoms with Gasteiger partial charge in [0.25, 0.3) is 0 Å². The molecule has 25 heavy (non-hydrogen) atoms. The number of hydrogen-bond acceptors (Lipinski definition) is 3. The molecule has 0 spiro atoms. The quantitative estimate of drug-likeness (QED) is 0.228. The Labute approximate surface area is 156 Å². The lowest BCUT2D eigenvalue weighted by Crippen LogP contribution is -2.09. The Morgan fingerprint density at radius 3 is 1.80 bits per heavy atom. The van der Waals surface area contributed by atoms with Gasteiger partial charge >= 0.3 is 5.97 Å². The highest BCUT2D eigenvalue weighted by atomic mass is 16.5. The maximum Gasteiger partial charge on any atom is 0.305 e. The molecule has 1 N–H and O–H groups in total. The maximum atomic E-state index is 11.5. The standard InChI is InChI=1S/C22H44O3/c1-4-5-6-10-13-16-21(23)17-14-11-8-7-9-12-15-18-22(24)25-19-20(2)3/h20-21,23H,4-19H2,1-3H3. The molecule has 0 saturated heterocycles. The molecular formula is C22H44O3. The summed E-state index contributed by atoms with van der Waals surface area (Å²) in [5.74, 6) is 0.376. The van der Waals surface area contributed by atoms with Crippen molar-refractivity contribution >= 4 is 5.97 Å². The molecule has 0 aliphatic carbocycles. The van der Waals surface area contributed by atoms with Crippen LogP contribution in [0.1, 0.15) is 117 Å². The van der Waals surface area contributed by atoms with Gasteiger partial charge in [-0.05, 0) is 25.2 Å². The summed E-state index contributed by atoms with van der Waals surface area (Å²) in [5.41, 5.74) is 0. The predicted octanol–water partition coefficient (Wildman–Crippen LogP) is 6.42. The van der Waals surface area contributed by atoms with E-state index in [4.69, 9.17) is 4.74 Å². The van der Waals surface area contributed by atoms with E-state index in [2.05, 4.69) is 20.8 Å². The van der Waals surface area contributed by atoms with Crippen LogP contribution in [0.3, 0.4) is 0 Å². The third kappa shape index (κ3) is 19.6. The van der Waals surface area contributed by atoms with Gasteiger partial charge in [-0.15, -0.1) is 0 Å². The van der Waals surface area contributed by atoms with Gasteiger partial charge in [0.15, 0.2) is 0 Å². The number of esters is 1. The van der Waals surface area contributed by atoms with E-state index in [0.717, 1.165) is 32.1 Å². The van der Waals surface area contributed by atoms with E-state index in [1.54, 1.807) is 0 Å². The van der Waals surface area contributed by atoms with Crippen LogP contribution in [0.15, 0.2) is 0 Å². The fraction of sp³-hybridized carbons (Fsp3) is 0.955. The third-order valence-electron chi connectivity index (χ3n) is 4.64. The highest BCUT2D eigenvalue weighted by molar-refractivity contribution is 5.69. The number of aliphatic hydroxyl groups excluding tert-OH is 1. The smallest absolute Gasteiger partial charge is 0.305 e. The first-order valence-corrected chi connectivity index (χ1v) is 10.9. The van der Waals surface area contributed by atoms with Crippen LogP contribution in [0.2, 0.25) is 0 Å². The number of rotatable bonds is 18. The van der Waals surface area contributed by atoms with Crippen molar-refractivity contribution in [1.29, 1.82) is 0 Å². The molecule has 0 aromatic carbocycles. The van der Waals surface area contributed by atoms with Crippen molar-refractivity contribution in [3.05, 3.63) is 0 Å². The van der Waals surface area contributed by atoms with Gasteiger partial charge in [0.1, 0.15) is 0 Å². The summed E-state index contributed by atoms with van der Waals surface area (Å²) < 4.78 is 5.17. The second-order valence-electron chi connectivity index (χ2n) is 7.95. The summed E-state index contributed by atoms with van der Waals surface area (Å²) in [4.78, 5) is 11.5. The highest BCUT2D eigenvalue weighted by Gasteiger charge is 2.05. The van der Waals surface area contributed by atoms with Gasteiger partial charge in [-0.1, -0.05) is 91.4 Å². The molecule has 0 bridgehead atoms. The lowest BCUT2D eigenvalue weighted by Gasteiger charge is -2.10.